The minimum atomic E-state index is 0.0996. The lowest BCUT2D eigenvalue weighted by Gasteiger charge is -2.27. The molecule has 28 heavy (non-hydrogen) atoms. The molecule has 6 nitrogen and oxygen atoms in total. The van der Waals surface area contributed by atoms with Gasteiger partial charge >= 0.3 is 0 Å². The Labute approximate surface area is 170 Å². The van der Waals surface area contributed by atoms with Crippen LogP contribution in [0.4, 0.5) is 0 Å². The monoisotopic (exact) mass is 400 g/mol. The van der Waals surface area contributed by atoms with E-state index in [0.29, 0.717) is 11.7 Å². The number of aromatic nitrogens is 2. The molecule has 1 aliphatic heterocycles. The summed E-state index contributed by atoms with van der Waals surface area (Å²) in [6, 6.07) is 8.44. The highest BCUT2D eigenvalue weighted by Crippen LogP contribution is 2.27. The van der Waals surface area contributed by atoms with Gasteiger partial charge < -0.3 is 15.0 Å². The van der Waals surface area contributed by atoms with Crippen molar-refractivity contribution in [2.24, 2.45) is 7.05 Å². The first-order valence-electron chi connectivity index (χ1n) is 9.94. The van der Waals surface area contributed by atoms with Crippen LogP contribution in [-0.2, 0) is 26.4 Å². The quantitative estimate of drug-likeness (QED) is 0.834. The Hall–Kier alpha value is -1.99. The molecule has 1 fully saturated rings. The zero-order valence-electron chi connectivity index (χ0n) is 16.6. The predicted molar refractivity (Wildman–Crippen MR) is 112 cm³/mol. The molecule has 0 spiro atoms. The first-order chi connectivity index (χ1) is 13.7. The van der Waals surface area contributed by atoms with Gasteiger partial charge in [0.1, 0.15) is 5.75 Å². The Morgan fingerprint density at radius 2 is 2.11 bits per heavy atom. The van der Waals surface area contributed by atoms with Crippen LogP contribution in [0.1, 0.15) is 33.7 Å². The predicted octanol–water partition coefficient (Wildman–Crippen LogP) is 2.26. The van der Waals surface area contributed by atoms with Gasteiger partial charge in [-0.2, -0.15) is 16.9 Å². The first-order valence-corrected chi connectivity index (χ1v) is 11.1. The molecule has 0 bridgehead atoms. The molecule has 2 aromatic rings. The van der Waals surface area contributed by atoms with Gasteiger partial charge in [0.05, 0.1) is 7.11 Å². The van der Waals surface area contributed by atoms with Gasteiger partial charge in [-0.05, 0) is 25.3 Å². The number of rotatable bonds is 5. The fourth-order valence-electron chi connectivity index (χ4n) is 4.15. The average molecular weight is 401 g/mol. The third-order valence-electron chi connectivity index (χ3n) is 5.73. The Morgan fingerprint density at radius 1 is 1.32 bits per heavy atom. The smallest absolute Gasteiger partial charge is 0.274 e. The van der Waals surface area contributed by atoms with Crippen molar-refractivity contribution in [1.29, 1.82) is 0 Å². The standard InChI is InChI=1S/C21H28N4O2S/c1-24-18-8-7-16(22-14-15-5-3-4-6-19(15)27-2)13-17(18)20(23-24)21(26)25-9-11-28-12-10-25/h3-6,16,22H,7-14H2,1-2H3. The van der Waals surface area contributed by atoms with E-state index < -0.39 is 0 Å². The highest BCUT2D eigenvalue weighted by molar-refractivity contribution is 7.99. The van der Waals surface area contributed by atoms with Crippen molar-refractivity contribution in [3.63, 3.8) is 0 Å². The summed E-state index contributed by atoms with van der Waals surface area (Å²) in [7, 11) is 3.67. The van der Waals surface area contributed by atoms with Gasteiger partial charge in [0.25, 0.3) is 5.91 Å². The first kappa shape index (κ1) is 19.3. The largest absolute Gasteiger partial charge is 0.496 e. The molecular formula is C21H28N4O2S. The average Bonchev–Trinajstić information content (AvgIpc) is 3.08. The highest BCUT2D eigenvalue weighted by Gasteiger charge is 2.30. The van der Waals surface area contributed by atoms with E-state index in [1.54, 1.807) is 7.11 Å². The summed E-state index contributed by atoms with van der Waals surface area (Å²) >= 11 is 1.91. The SMILES string of the molecule is COc1ccccc1CNC1CCc2c(c(C(=O)N3CCSCC3)nn2C)C1. The van der Waals surface area contributed by atoms with Crippen LogP contribution in [0.3, 0.4) is 0 Å². The van der Waals surface area contributed by atoms with Crippen molar-refractivity contribution in [2.75, 3.05) is 31.7 Å². The summed E-state index contributed by atoms with van der Waals surface area (Å²) in [6.07, 6.45) is 2.85. The van der Waals surface area contributed by atoms with Crippen LogP contribution in [0.25, 0.3) is 0 Å². The molecule has 1 aromatic carbocycles. The molecule has 4 rings (SSSR count). The van der Waals surface area contributed by atoms with Crippen molar-refractivity contribution in [2.45, 2.75) is 31.8 Å². The number of hydrogen-bond donors (Lipinski definition) is 1. The van der Waals surface area contributed by atoms with Gasteiger partial charge in [-0.25, -0.2) is 0 Å². The number of aryl methyl sites for hydroxylation is 1. The molecule has 1 unspecified atom stereocenters. The highest BCUT2D eigenvalue weighted by atomic mass is 32.2. The van der Waals surface area contributed by atoms with E-state index in [1.807, 2.05) is 46.6 Å². The van der Waals surface area contributed by atoms with E-state index in [-0.39, 0.29) is 5.91 Å². The maximum atomic E-state index is 13.1. The fourth-order valence-corrected chi connectivity index (χ4v) is 5.06. The van der Waals surface area contributed by atoms with Crippen molar-refractivity contribution >= 4 is 17.7 Å². The van der Waals surface area contributed by atoms with Crippen LogP contribution in [0, 0.1) is 0 Å². The molecule has 1 amide bonds. The zero-order chi connectivity index (χ0) is 19.5. The number of benzene rings is 1. The Morgan fingerprint density at radius 3 is 2.89 bits per heavy atom. The molecule has 1 aliphatic carbocycles. The molecule has 1 saturated heterocycles. The van der Waals surface area contributed by atoms with Crippen LogP contribution in [0.15, 0.2) is 24.3 Å². The molecule has 1 atom stereocenters. The fraction of sp³-hybridized carbons (Fsp3) is 0.524. The zero-order valence-corrected chi connectivity index (χ0v) is 17.4. The number of ether oxygens (including phenoxy) is 1. The van der Waals surface area contributed by atoms with E-state index in [9.17, 15) is 4.79 Å². The Kier molecular flexibility index (Phi) is 5.92. The molecule has 150 valence electrons. The van der Waals surface area contributed by atoms with Gasteiger partial charge in [-0.1, -0.05) is 18.2 Å². The lowest BCUT2D eigenvalue weighted by atomic mass is 9.91. The molecule has 1 aromatic heterocycles. The molecule has 0 radical (unpaired) electrons. The molecule has 7 heteroatoms. The van der Waals surface area contributed by atoms with Gasteiger partial charge in [-0.3, -0.25) is 9.48 Å². The molecule has 2 heterocycles. The Bertz CT molecular complexity index is 845. The van der Waals surface area contributed by atoms with E-state index in [2.05, 4.69) is 16.5 Å². The van der Waals surface area contributed by atoms with Crippen molar-refractivity contribution < 1.29 is 9.53 Å². The van der Waals surface area contributed by atoms with Crippen molar-refractivity contribution in [1.82, 2.24) is 20.0 Å². The molecular weight excluding hydrogens is 372 g/mol. The van der Waals surface area contributed by atoms with Crippen LogP contribution < -0.4 is 10.1 Å². The summed E-state index contributed by atoms with van der Waals surface area (Å²) in [5.41, 5.74) is 4.16. The maximum Gasteiger partial charge on any atom is 0.274 e. The van der Waals surface area contributed by atoms with Crippen molar-refractivity contribution in [3.8, 4) is 5.75 Å². The number of carbonyl (C=O) groups excluding carboxylic acids is 1. The summed E-state index contributed by atoms with van der Waals surface area (Å²) < 4.78 is 7.37. The number of nitrogens with zero attached hydrogens (tertiary/aromatic N) is 3. The number of amides is 1. The summed E-state index contributed by atoms with van der Waals surface area (Å²) in [5.74, 6) is 3.04. The van der Waals surface area contributed by atoms with Gasteiger partial charge in [0.15, 0.2) is 5.69 Å². The Balaban J connectivity index is 1.47. The summed E-state index contributed by atoms with van der Waals surface area (Å²) in [5, 5.41) is 8.28. The minimum absolute atomic E-state index is 0.0996. The second kappa shape index (κ2) is 8.57. The molecule has 2 aliphatic rings. The maximum absolute atomic E-state index is 13.1. The molecule has 1 N–H and O–H groups in total. The lowest BCUT2D eigenvalue weighted by Crippen LogP contribution is -2.39. The lowest BCUT2D eigenvalue weighted by molar-refractivity contribution is 0.0764. The number of nitrogens with one attached hydrogen (secondary N) is 1. The normalized spacial score (nSPS) is 19.4. The van der Waals surface area contributed by atoms with Gasteiger partial charge in [-0.15, -0.1) is 0 Å². The number of hydrogen-bond acceptors (Lipinski definition) is 5. The third-order valence-corrected chi connectivity index (χ3v) is 6.67. The van der Waals surface area contributed by atoms with Crippen LogP contribution in [0.2, 0.25) is 0 Å². The number of methoxy groups -OCH3 is 1. The number of thioether (sulfide) groups is 1. The van der Waals surface area contributed by atoms with E-state index in [4.69, 9.17) is 4.74 Å². The second-order valence-electron chi connectivity index (χ2n) is 7.43. The second-order valence-corrected chi connectivity index (χ2v) is 8.66. The number of fused-ring (bicyclic) bond motifs is 1. The summed E-state index contributed by atoms with van der Waals surface area (Å²) in [4.78, 5) is 15.0. The number of para-hydroxylation sites is 1. The van der Waals surface area contributed by atoms with E-state index >= 15 is 0 Å². The van der Waals surface area contributed by atoms with Crippen molar-refractivity contribution in [3.05, 3.63) is 46.8 Å². The van der Waals surface area contributed by atoms with Crippen LogP contribution in [0.5, 0.6) is 5.75 Å². The van der Waals surface area contributed by atoms with Gasteiger partial charge in [0.2, 0.25) is 0 Å². The van der Waals surface area contributed by atoms with Gasteiger partial charge in [0, 0.05) is 61.1 Å². The minimum Gasteiger partial charge on any atom is -0.496 e. The number of carbonyl (C=O) groups is 1. The third kappa shape index (κ3) is 3.91. The van der Waals surface area contributed by atoms with E-state index in [1.165, 1.54) is 5.69 Å². The van der Waals surface area contributed by atoms with E-state index in [0.717, 1.165) is 67.3 Å². The van der Waals surface area contributed by atoms with Crippen LogP contribution in [-0.4, -0.2) is 58.3 Å². The molecule has 0 saturated carbocycles. The summed E-state index contributed by atoms with van der Waals surface area (Å²) in [6.45, 7) is 2.41. The topological polar surface area (TPSA) is 59.4 Å². The van der Waals surface area contributed by atoms with Crippen LogP contribution >= 0.6 is 11.8 Å².